The Morgan fingerprint density at radius 3 is 2.53 bits per heavy atom. The predicted octanol–water partition coefficient (Wildman–Crippen LogP) is 4.25. The average molecular weight is 426 g/mol. The Labute approximate surface area is 183 Å². The van der Waals surface area contributed by atoms with Crippen molar-refractivity contribution in [2.24, 2.45) is 5.92 Å². The third kappa shape index (κ3) is 2.66. The highest BCUT2D eigenvalue weighted by atomic mass is 16.6. The normalized spacial score (nSPS) is 23.2. The van der Waals surface area contributed by atoms with Crippen LogP contribution in [0.1, 0.15) is 17.0 Å². The Hall–Kier alpha value is -4.06. The first-order valence-corrected chi connectivity index (χ1v) is 10.3. The maximum Gasteiger partial charge on any atom is 0.344 e. The van der Waals surface area contributed by atoms with Gasteiger partial charge in [-0.1, -0.05) is 42.5 Å². The van der Waals surface area contributed by atoms with Gasteiger partial charge < -0.3 is 18.6 Å². The van der Waals surface area contributed by atoms with Crippen molar-refractivity contribution in [2.45, 2.75) is 12.0 Å². The molecule has 1 aromatic heterocycles. The van der Waals surface area contributed by atoms with Crippen LogP contribution in [0.5, 0.6) is 11.5 Å². The van der Waals surface area contributed by atoms with E-state index in [1.807, 2.05) is 48.6 Å². The van der Waals surface area contributed by atoms with Gasteiger partial charge in [0.05, 0.1) is 35.5 Å². The smallest absolute Gasteiger partial charge is 0.344 e. The molecule has 0 fully saturated rings. The first-order chi connectivity index (χ1) is 15.7. The van der Waals surface area contributed by atoms with Gasteiger partial charge in [-0.25, -0.2) is 9.59 Å². The van der Waals surface area contributed by atoms with E-state index in [2.05, 4.69) is 0 Å². The first-order valence-electron chi connectivity index (χ1n) is 10.3. The molecule has 0 bridgehead atoms. The van der Waals surface area contributed by atoms with Gasteiger partial charge in [-0.3, -0.25) is 0 Å². The predicted molar refractivity (Wildman–Crippen MR) is 117 cm³/mol. The summed E-state index contributed by atoms with van der Waals surface area (Å²) in [5.74, 6) is 0.150. The summed E-state index contributed by atoms with van der Waals surface area (Å²) in [6, 6.07) is 14.5. The molecule has 158 valence electrons. The summed E-state index contributed by atoms with van der Waals surface area (Å²) >= 11 is 0. The zero-order chi connectivity index (χ0) is 21.8. The van der Waals surface area contributed by atoms with Crippen LogP contribution in [0.4, 0.5) is 0 Å². The lowest BCUT2D eigenvalue weighted by atomic mass is 9.78. The maximum absolute atomic E-state index is 13.2. The number of carbonyl (C=O) groups excluding carboxylic acids is 1. The molecule has 3 heterocycles. The van der Waals surface area contributed by atoms with Crippen molar-refractivity contribution < 1.29 is 23.4 Å². The van der Waals surface area contributed by atoms with Crippen LogP contribution < -0.4 is 15.1 Å². The second-order valence-electron chi connectivity index (χ2n) is 7.88. The molecule has 3 atom stereocenters. The van der Waals surface area contributed by atoms with E-state index in [1.54, 1.807) is 31.4 Å². The molecule has 6 rings (SSSR count). The van der Waals surface area contributed by atoms with Crippen LogP contribution in [0.2, 0.25) is 0 Å². The van der Waals surface area contributed by atoms with Crippen LogP contribution in [0.3, 0.4) is 0 Å². The van der Waals surface area contributed by atoms with Crippen molar-refractivity contribution in [3.8, 4) is 11.5 Å². The molecule has 1 aliphatic carbocycles. The molecule has 0 saturated carbocycles. The average Bonchev–Trinajstić information content (AvgIpc) is 2.83. The Kier molecular flexibility index (Phi) is 4.08. The molecular weight excluding hydrogens is 408 g/mol. The lowest BCUT2D eigenvalue weighted by molar-refractivity contribution is -0.146. The zero-order valence-corrected chi connectivity index (χ0v) is 17.1. The fourth-order valence-electron chi connectivity index (χ4n) is 4.67. The second-order valence-corrected chi connectivity index (χ2v) is 7.88. The third-order valence-corrected chi connectivity index (χ3v) is 6.15. The van der Waals surface area contributed by atoms with Crippen LogP contribution in [-0.2, 0) is 9.53 Å². The molecule has 2 aliphatic heterocycles. The lowest BCUT2D eigenvalue weighted by Crippen LogP contribution is -2.40. The van der Waals surface area contributed by atoms with Crippen molar-refractivity contribution in [1.82, 2.24) is 0 Å². The molecule has 0 N–H and O–H groups in total. The maximum atomic E-state index is 13.2. The summed E-state index contributed by atoms with van der Waals surface area (Å²) in [5.41, 5.74) is 1.25. The van der Waals surface area contributed by atoms with Gasteiger partial charge >= 0.3 is 11.6 Å². The van der Waals surface area contributed by atoms with Crippen LogP contribution >= 0.6 is 0 Å². The van der Waals surface area contributed by atoms with E-state index in [4.69, 9.17) is 18.6 Å². The van der Waals surface area contributed by atoms with Gasteiger partial charge in [-0.2, -0.15) is 0 Å². The number of esters is 1. The molecule has 0 radical (unpaired) electrons. The zero-order valence-electron chi connectivity index (χ0n) is 17.1. The Balaban J connectivity index is 1.66. The van der Waals surface area contributed by atoms with Gasteiger partial charge in [0, 0.05) is 0 Å². The lowest BCUT2D eigenvalue weighted by Gasteiger charge is -2.38. The first kappa shape index (κ1) is 18.7. The third-order valence-electron chi connectivity index (χ3n) is 6.15. The number of allylic oxidation sites excluding steroid dienone is 2. The fourth-order valence-corrected chi connectivity index (χ4v) is 4.67. The summed E-state index contributed by atoms with van der Waals surface area (Å²) in [6.45, 7) is 0. The topological polar surface area (TPSA) is 75.0 Å². The van der Waals surface area contributed by atoms with E-state index >= 15 is 0 Å². The number of carbonyl (C=O) groups is 1. The highest BCUT2D eigenvalue weighted by Crippen LogP contribution is 2.49. The van der Waals surface area contributed by atoms with Gasteiger partial charge in [0.25, 0.3) is 0 Å². The largest absolute Gasteiger partial charge is 0.497 e. The number of rotatable bonds is 2. The van der Waals surface area contributed by atoms with Crippen LogP contribution in [-0.4, -0.2) is 19.2 Å². The minimum absolute atomic E-state index is 0.271. The van der Waals surface area contributed by atoms with E-state index in [0.717, 1.165) is 5.56 Å². The van der Waals surface area contributed by atoms with E-state index < -0.39 is 23.6 Å². The summed E-state index contributed by atoms with van der Waals surface area (Å²) in [5, 5.41) is 0.679. The summed E-state index contributed by atoms with van der Waals surface area (Å²) in [4.78, 5) is 26.4. The molecule has 32 heavy (non-hydrogen) atoms. The van der Waals surface area contributed by atoms with E-state index in [-0.39, 0.29) is 5.92 Å². The molecule has 0 unspecified atom stereocenters. The van der Waals surface area contributed by atoms with Gasteiger partial charge in [0.2, 0.25) is 0 Å². The van der Waals surface area contributed by atoms with Crippen molar-refractivity contribution in [1.29, 1.82) is 0 Å². The number of fused-ring (bicyclic) bond motifs is 5. The van der Waals surface area contributed by atoms with E-state index in [1.165, 1.54) is 0 Å². The van der Waals surface area contributed by atoms with Crippen molar-refractivity contribution in [2.75, 3.05) is 7.11 Å². The van der Waals surface area contributed by atoms with Gasteiger partial charge in [0.15, 0.2) is 0 Å². The molecule has 6 nitrogen and oxygen atoms in total. The minimum atomic E-state index is -0.687. The van der Waals surface area contributed by atoms with E-state index in [9.17, 15) is 9.59 Å². The van der Waals surface area contributed by atoms with Crippen LogP contribution in [0, 0.1) is 5.92 Å². The quantitative estimate of drug-likeness (QED) is 0.451. The monoisotopic (exact) mass is 426 g/mol. The molecule has 3 aromatic rings. The van der Waals surface area contributed by atoms with Gasteiger partial charge in [0.1, 0.15) is 28.9 Å². The molecule has 2 aromatic carbocycles. The van der Waals surface area contributed by atoms with Gasteiger partial charge in [-0.05, 0) is 35.9 Å². The number of methoxy groups -OCH3 is 1. The summed E-state index contributed by atoms with van der Waals surface area (Å²) < 4.78 is 23.0. The number of hydrogen-bond acceptors (Lipinski definition) is 6. The number of hydrogen-bond donors (Lipinski definition) is 0. The fraction of sp³-hybridized carbons (Fsp3) is 0.154. The molecular formula is C26H18O6. The summed E-state index contributed by atoms with van der Waals surface area (Å²) in [7, 11) is 1.59. The van der Waals surface area contributed by atoms with Gasteiger partial charge in [-0.15, -0.1) is 0 Å². The Bertz CT molecular complexity index is 1410. The molecule has 0 amide bonds. The number of benzene rings is 2. The standard InChI is InChI=1S/C26H18O6/c1-29-15-12-10-14(11-13-15)20-21-23(16-6-2-4-8-18(16)30-25(21)27)32-24-17-7-3-5-9-19(17)31-26(28)22(20)24/h2-13,16,18,20H,1H3/t16-,18+,20+/m0/s1. The van der Waals surface area contributed by atoms with Crippen molar-refractivity contribution in [3.63, 3.8) is 0 Å². The molecule has 6 heteroatoms. The highest BCUT2D eigenvalue weighted by Gasteiger charge is 2.47. The number of para-hydroxylation sites is 1. The molecule has 0 spiro atoms. The van der Waals surface area contributed by atoms with Crippen LogP contribution in [0.25, 0.3) is 11.0 Å². The summed E-state index contributed by atoms with van der Waals surface area (Å²) in [6.07, 6.45) is 7.10. The van der Waals surface area contributed by atoms with Crippen molar-refractivity contribution in [3.05, 3.63) is 106 Å². The van der Waals surface area contributed by atoms with Crippen molar-refractivity contribution >= 4 is 16.9 Å². The minimum Gasteiger partial charge on any atom is -0.497 e. The highest BCUT2D eigenvalue weighted by molar-refractivity contribution is 5.96. The Morgan fingerprint density at radius 2 is 1.72 bits per heavy atom. The molecule has 3 aliphatic rings. The molecule has 0 saturated heterocycles. The Morgan fingerprint density at radius 1 is 0.938 bits per heavy atom. The van der Waals surface area contributed by atoms with E-state index in [0.29, 0.717) is 39.4 Å². The van der Waals surface area contributed by atoms with Crippen LogP contribution in [0.15, 0.2) is 93.4 Å². The second kappa shape index (κ2) is 6.99. The number of ether oxygens (including phenoxy) is 3. The SMILES string of the molecule is COc1ccc([C@@H]2C3=C(Oc4c2c(=O)oc2ccccc42)[C@H]2C=CC=C[C@H]2OC3=O)cc1.